The number of fused-ring (bicyclic) bond motifs is 11. The van der Waals surface area contributed by atoms with Crippen molar-refractivity contribution >= 4 is 101 Å². The first-order valence-corrected chi connectivity index (χ1v) is 26.6. The van der Waals surface area contributed by atoms with Gasteiger partial charge in [-0.05, 0) is 129 Å². The maximum atomic E-state index is 2.62. The molecule has 2 aromatic heterocycles. The lowest BCUT2D eigenvalue weighted by Gasteiger charge is -2.45. The van der Waals surface area contributed by atoms with Gasteiger partial charge in [0, 0.05) is 55.7 Å². The predicted molar refractivity (Wildman–Crippen MR) is 325 cm³/mol. The molecule has 0 amide bonds. The van der Waals surface area contributed by atoms with Crippen LogP contribution in [-0.4, -0.2) is 15.8 Å². The number of para-hydroxylation sites is 4. The minimum atomic E-state index is -0.141. The second-order valence-electron chi connectivity index (χ2n) is 20.4. The Morgan fingerprint density at radius 1 is 0.247 bits per heavy atom. The molecule has 4 nitrogen and oxygen atoms in total. The first-order valence-electron chi connectivity index (χ1n) is 26.6. The van der Waals surface area contributed by atoms with Crippen molar-refractivity contribution in [3.05, 3.63) is 285 Å². The van der Waals surface area contributed by atoms with E-state index in [1.54, 1.807) is 0 Å². The van der Waals surface area contributed by atoms with Gasteiger partial charge in [0.15, 0.2) is 0 Å². The van der Waals surface area contributed by atoms with Gasteiger partial charge in [0.1, 0.15) is 0 Å². The Hall–Kier alpha value is -10.1. The zero-order chi connectivity index (χ0) is 50.6. The largest absolute Gasteiger partial charge is 0.311 e. The van der Waals surface area contributed by atoms with E-state index in [2.05, 4.69) is 304 Å². The van der Waals surface area contributed by atoms with E-state index in [1.807, 2.05) is 0 Å². The van der Waals surface area contributed by atoms with Crippen molar-refractivity contribution in [1.82, 2.24) is 9.13 Å². The third-order valence-electron chi connectivity index (χ3n) is 16.3. The third kappa shape index (κ3) is 6.67. The molecule has 0 spiro atoms. The number of nitrogens with zero attached hydrogens (tertiary/aromatic N) is 4. The van der Waals surface area contributed by atoms with Gasteiger partial charge >= 0.3 is 0 Å². The summed E-state index contributed by atoms with van der Waals surface area (Å²) in [5.74, 6) is 0. The zero-order valence-electron chi connectivity index (χ0n) is 42.0. The number of benzene rings is 12. The van der Waals surface area contributed by atoms with Gasteiger partial charge in [-0.25, -0.2) is 0 Å². The second-order valence-corrected chi connectivity index (χ2v) is 20.4. The molecule has 2 aliphatic heterocycles. The van der Waals surface area contributed by atoms with Crippen LogP contribution in [0.15, 0.2) is 285 Å². The predicted octanol–water partition coefficient (Wildman–Crippen LogP) is 17.0. The van der Waals surface area contributed by atoms with Gasteiger partial charge in [-0.15, -0.1) is 0 Å². The molecule has 77 heavy (non-hydrogen) atoms. The Morgan fingerprint density at radius 2 is 0.714 bits per heavy atom. The minimum Gasteiger partial charge on any atom is -0.311 e. The fraction of sp³-hybridized carbons (Fsp3) is 0. The summed E-state index contributed by atoms with van der Waals surface area (Å²) in [6.45, 7) is -0.141. The maximum absolute atomic E-state index is 2.62. The summed E-state index contributed by atoms with van der Waals surface area (Å²) >= 11 is 0. The summed E-state index contributed by atoms with van der Waals surface area (Å²) in [7, 11) is 0. The van der Waals surface area contributed by atoms with Crippen molar-refractivity contribution in [2.45, 2.75) is 0 Å². The topological polar surface area (TPSA) is 16.3 Å². The van der Waals surface area contributed by atoms with Gasteiger partial charge < -0.3 is 18.9 Å². The zero-order valence-corrected chi connectivity index (χ0v) is 42.0. The highest BCUT2D eigenvalue weighted by molar-refractivity contribution is 7.00. The molecule has 0 radical (unpaired) electrons. The van der Waals surface area contributed by atoms with Gasteiger partial charge in [-0.3, -0.25) is 0 Å². The highest BCUT2D eigenvalue weighted by Crippen LogP contribution is 2.50. The van der Waals surface area contributed by atoms with E-state index < -0.39 is 0 Å². The van der Waals surface area contributed by atoms with Gasteiger partial charge in [0.25, 0.3) is 6.71 Å². The average Bonchev–Trinajstić information content (AvgIpc) is 4.25. The molecule has 0 bridgehead atoms. The standard InChI is InChI=1S/C72H47BN4/c1-5-20-48(21-6-1)51-36-39-55(40-37-51)77-69-47-57(76-63-33-16-13-30-58(63)59-31-14-17-34-64(59)76)46-68-71(69)73(61-41-43-67-70(72(61)77)60-32-15-18-35-65(60)74(67)54-27-11-4-12-28-54)62-45-53(50-24-9-3-10-25-50)38-42-66(62)75(68)56-29-19-26-52(44-56)49-22-7-2-8-23-49/h1-47H. The van der Waals surface area contributed by atoms with Crippen LogP contribution in [0, 0.1) is 0 Å². The van der Waals surface area contributed by atoms with Crippen LogP contribution in [0.25, 0.3) is 88.4 Å². The fourth-order valence-electron chi connectivity index (χ4n) is 13.0. The van der Waals surface area contributed by atoms with Gasteiger partial charge in [-0.2, -0.15) is 0 Å². The summed E-state index contributed by atoms with van der Waals surface area (Å²) in [5.41, 5.74) is 24.7. The minimum absolute atomic E-state index is 0.141. The van der Waals surface area contributed by atoms with Gasteiger partial charge in [0.05, 0.1) is 33.4 Å². The first-order chi connectivity index (χ1) is 38.2. The van der Waals surface area contributed by atoms with Crippen LogP contribution in [-0.2, 0) is 0 Å². The number of rotatable bonds is 7. The molecule has 5 heteroatoms. The number of hydrogen-bond donors (Lipinski definition) is 0. The Balaban J connectivity index is 1.07. The molecule has 16 rings (SSSR count). The first kappa shape index (κ1) is 43.3. The molecule has 0 aliphatic carbocycles. The van der Waals surface area contributed by atoms with Crippen molar-refractivity contribution in [3.63, 3.8) is 0 Å². The van der Waals surface area contributed by atoms with E-state index in [-0.39, 0.29) is 6.71 Å². The van der Waals surface area contributed by atoms with Crippen LogP contribution in [0.2, 0.25) is 0 Å². The maximum Gasteiger partial charge on any atom is 0.252 e. The number of anilines is 6. The monoisotopic (exact) mass is 978 g/mol. The summed E-state index contributed by atoms with van der Waals surface area (Å²) in [5, 5.41) is 4.90. The highest BCUT2D eigenvalue weighted by atomic mass is 15.2. The Bertz CT molecular complexity index is 4570. The van der Waals surface area contributed by atoms with Crippen LogP contribution in [0.4, 0.5) is 34.1 Å². The molecule has 358 valence electrons. The second kappa shape index (κ2) is 17.2. The van der Waals surface area contributed by atoms with Crippen LogP contribution < -0.4 is 26.2 Å². The molecular formula is C72H47BN4. The molecule has 0 atom stereocenters. The van der Waals surface area contributed by atoms with Gasteiger partial charge in [-0.1, -0.05) is 206 Å². The van der Waals surface area contributed by atoms with E-state index in [0.29, 0.717) is 0 Å². The van der Waals surface area contributed by atoms with Crippen LogP contribution in [0.5, 0.6) is 0 Å². The third-order valence-corrected chi connectivity index (χ3v) is 16.3. The van der Waals surface area contributed by atoms with Crippen molar-refractivity contribution in [3.8, 4) is 44.8 Å². The summed E-state index contributed by atoms with van der Waals surface area (Å²) in [4.78, 5) is 5.18. The molecule has 14 aromatic rings. The van der Waals surface area contributed by atoms with Crippen LogP contribution in [0.3, 0.4) is 0 Å². The molecule has 0 fully saturated rings. The van der Waals surface area contributed by atoms with E-state index in [9.17, 15) is 0 Å². The van der Waals surface area contributed by atoms with Crippen LogP contribution >= 0.6 is 0 Å². The molecule has 0 unspecified atom stereocenters. The normalized spacial score (nSPS) is 12.6. The molecule has 2 aliphatic rings. The molecule has 4 heterocycles. The highest BCUT2D eigenvalue weighted by Gasteiger charge is 2.45. The number of hydrogen-bond acceptors (Lipinski definition) is 2. The lowest BCUT2D eigenvalue weighted by molar-refractivity contribution is 1.16. The fourth-order valence-corrected chi connectivity index (χ4v) is 13.0. The lowest BCUT2D eigenvalue weighted by Crippen LogP contribution is -2.61. The molecule has 0 saturated heterocycles. The van der Waals surface area contributed by atoms with Crippen molar-refractivity contribution < 1.29 is 0 Å². The summed E-state index contributed by atoms with van der Waals surface area (Å²) in [6.07, 6.45) is 0. The Kier molecular flexibility index (Phi) is 9.70. The quantitative estimate of drug-likeness (QED) is 0.148. The van der Waals surface area contributed by atoms with Crippen molar-refractivity contribution in [1.29, 1.82) is 0 Å². The van der Waals surface area contributed by atoms with Crippen molar-refractivity contribution in [2.24, 2.45) is 0 Å². The summed E-state index contributed by atoms with van der Waals surface area (Å²) < 4.78 is 4.96. The molecular weight excluding hydrogens is 932 g/mol. The van der Waals surface area contributed by atoms with E-state index in [4.69, 9.17) is 0 Å². The Labute approximate surface area is 447 Å². The van der Waals surface area contributed by atoms with Gasteiger partial charge in [0.2, 0.25) is 0 Å². The average molecular weight is 979 g/mol. The Morgan fingerprint density at radius 3 is 1.35 bits per heavy atom. The lowest BCUT2D eigenvalue weighted by atomic mass is 9.33. The van der Waals surface area contributed by atoms with Crippen LogP contribution in [0.1, 0.15) is 0 Å². The number of aromatic nitrogens is 2. The molecule has 0 N–H and O–H groups in total. The van der Waals surface area contributed by atoms with E-state index in [0.717, 1.165) is 45.3 Å². The van der Waals surface area contributed by atoms with Crippen molar-refractivity contribution in [2.75, 3.05) is 9.80 Å². The summed E-state index contributed by atoms with van der Waals surface area (Å²) in [6, 6.07) is 105. The van der Waals surface area contributed by atoms with E-state index >= 15 is 0 Å². The molecule has 0 saturated carbocycles. The smallest absolute Gasteiger partial charge is 0.252 e. The van der Waals surface area contributed by atoms with E-state index in [1.165, 1.54) is 93.6 Å². The molecule has 12 aromatic carbocycles. The SMILES string of the molecule is c1ccc(-c2ccc(N3c4cc(-n5c6ccccc6c6ccccc65)cc5c4B(c4cc(-c6ccccc6)ccc4N5c4cccc(-c5ccccc5)c4)c4ccc5c(c43)c3ccccc3n5-c3ccccc3)cc2)cc1.